The second-order valence-corrected chi connectivity index (χ2v) is 8.58. The maximum atomic E-state index is 12.9. The number of phenolic OH excluding ortho intramolecular Hbond substituents is 1. The molecule has 1 saturated carbocycles. The number of amidine groups is 1. The standard InChI is InChI=1S/C21H26ClN5O4/c1-2-19(29)27-11-14(12-27)25-5-7-26(8-6-25)21(30)20(24-31)23-17-9-15(13-3-4-13)16(22)10-18(17)28/h2,9-10,13-14,28,31H,1,3-8,11-12H2,(H,23,24). The van der Waals surface area contributed by atoms with Crippen molar-refractivity contribution in [1.82, 2.24) is 14.7 Å². The fraction of sp³-hybridized carbons (Fsp3) is 0.476. The fourth-order valence-electron chi connectivity index (χ4n) is 4.07. The van der Waals surface area contributed by atoms with Gasteiger partial charge < -0.3 is 25.4 Å². The van der Waals surface area contributed by atoms with Gasteiger partial charge in [0.1, 0.15) is 5.75 Å². The van der Waals surface area contributed by atoms with E-state index in [1.54, 1.807) is 15.9 Å². The number of carbonyl (C=O) groups is 2. The number of nitrogens with one attached hydrogen (secondary N) is 1. The number of anilines is 1. The highest BCUT2D eigenvalue weighted by atomic mass is 35.5. The highest BCUT2D eigenvalue weighted by Gasteiger charge is 2.36. The van der Waals surface area contributed by atoms with Crippen LogP contribution >= 0.6 is 11.6 Å². The molecule has 0 aromatic heterocycles. The Labute approximate surface area is 185 Å². The average Bonchev–Trinajstić information content (AvgIpc) is 3.57. The molecule has 31 heavy (non-hydrogen) atoms. The van der Waals surface area contributed by atoms with Gasteiger partial charge in [-0.1, -0.05) is 23.3 Å². The monoisotopic (exact) mass is 447 g/mol. The highest BCUT2D eigenvalue weighted by molar-refractivity contribution is 6.42. The van der Waals surface area contributed by atoms with Crippen molar-refractivity contribution in [3.63, 3.8) is 0 Å². The number of aromatic hydroxyl groups is 1. The van der Waals surface area contributed by atoms with Crippen LogP contribution < -0.4 is 5.32 Å². The molecular formula is C21H26ClN5O4. The zero-order valence-corrected chi connectivity index (χ0v) is 17.9. The molecule has 1 aliphatic carbocycles. The van der Waals surface area contributed by atoms with Crippen LogP contribution in [0.4, 0.5) is 5.69 Å². The molecule has 2 aliphatic heterocycles. The van der Waals surface area contributed by atoms with Crippen molar-refractivity contribution in [2.24, 2.45) is 5.16 Å². The van der Waals surface area contributed by atoms with Gasteiger partial charge in [0.25, 0.3) is 5.91 Å². The summed E-state index contributed by atoms with van der Waals surface area (Å²) in [5, 5.41) is 26.0. The van der Waals surface area contributed by atoms with E-state index in [0.717, 1.165) is 18.4 Å². The number of halogens is 1. The van der Waals surface area contributed by atoms with E-state index in [-0.39, 0.29) is 29.2 Å². The van der Waals surface area contributed by atoms with Gasteiger partial charge in [-0.15, -0.1) is 0 Å². The van der Waals surface area contributed by atoms with Crippen LogP contribution in [-0.4, -0.2) is 88.0 Å². The predicted molar refractivity (Wildman–Crippen MR) is 117 cm³/mol. The lowest BCUT2D eigenvalue weighted by atomic mass is 10.1. The first-order valence-electron chi connectivity index (χ1n) is 10.4. The van der Waals surface area contributed by atoms with Crippen molar-refractivity contribution in [1.29, 1.82) is 0 Å². The van der Waals surface area contributed by atoms with Crippen LogP contribution in [0.15, 0.2) is 29.9 Å². The molecule has 2 amide bonds. The maximum absolute atomic E-state index is 12.9. The molecule has 1 aromatic rings. The number of oxime groups is 1. The molecule has 3 N–H and O–H groups in total. The summed E-state index contributed by atoms with van der Waals surface area (Å²) < 4.78 is 0. The third-order valence-corrected chi connectivity index (χ3v) is 6.48. The lowest BCUT2D eigenvalue weighted by molar-refractivity contribution is -0.134. The van der Waals surface area contributed by atoms with Crippen molar-refractivity contribution < 1.29 is 19.9 Å². The lowest BCUT2D eigenvalue weighted by Crippen LogP contribution is -2.64. The second kappa shape index (κ2) is 8.76. The number of rotatable bonds is 4. The van der Waals surface area contributed by atoms with Crippen LogP contribution in [0, 0.1) is 0 Å². The van der Waals surface area contributed by atoms with Crippen LogP contribution in [0.2, 0.25) is 5.02 Å². The molecule has 0 spiro atoms. The number of piperazine rings is 1. The Kier molecular flexibility index (Phi) is 6.06. The summed E-state index contributed by atoms with van der Waals surface area (Å²) >= 11 is 6.21. The SMILES string of the molecule is C=CC(=O)N1CC(N2CCN(C(=O)/C(=N\O)Nc3cc(C4CC4)c(Cl)cc3O)CC2)C1. The number of hydrogen-bond donors (Lipinski definition) is 3. The average molecular weight is 448 g/mol. The molecule has 0 bridgehead atoms. The summed E-state index contributed by atoms with van der Waals surface area (Å²) in [4.78, 5) is 30.1. The minimum absolute atomic E-state index is 0.0600. The Morgan fingerprint density at radius 2 is 1.84 bits per heavy atom. The van der Waals surface area contributed by atoms with Gasteiger partial charge >= 0.3 is 0 Å². The molecule has 10 heteroatoms. The van der Waals surface area contributed by atoms with Gasteiger partial charge in [0.15, 0.2) is 0 Å². The number of benzene rings is 1. The smallest absolute Gasteiger partial charge is 0.293 e. The van der Waals surface area contributed by atoms with Gasteiger partial charge in [-0.05, 0) is 36.5 Å². The van der Waals surface area contributed by atoms with E-state index in [2.05, 4.69) is 22.0 Å². The molecule has 166 valence electrons. The van der Waals surface area contributed by atoms with Gasteiger partial charge in [0.2, 0.25) is 11.7 Å². The summed E-state index contributed by atoms with van der Waals surface area (Å²) in [5.74, 6) is -0.510. The van der Waals surface area contributed by atoms with E-state index in [1.807, 2.05) is 0 Å². The summed E-state index contributed by atoms with van der Waals surface area (Å²) in [7, 11) is 0. The Balaban J connectivity index is 1.34. The number of carbonyl (C=O) groups excluding carboxylic acids is 2. The molecule has 0 atom stereocenters. The van der Waals surface area contributed by atoms with Crippen molar-refractivity contribution in [3.8, 4) is 5.75 Å². The molecular weight excluding hydrogens is 422 g/mol. The molecule has 0 radical (unpaired) electrons. The van der Waals surface area contributed by atoms with Crippen molar-refractivity contribution in [3.05, 3.63) is 35.4 Å². The second-order valence-electron chi connectivity index (χ2n) is 8.17. The minimum Gasteiger partial charge on any atom is -0.506 e. The maximum Gasteiger partial charge on any atom is 0.293 e. The minimum atomic E-state index is -0.443. The third kappa shape index (κ3) is 4.47. The summed E-state index contributed by atoms with van der Waals surface area (Å²) in [6, 6.07) is 3.44. The summed E-state index contributed by atoms with van der Waals surface area (Å²) in [6.07, 6.45) is 3.39. The number of likely N-dealkylation sites (tertiary alicyclic amines) is 1. The summed E-state index contributed by atoms with van der Waals surface area (Å²) in [6.45, 7) is 7.14. The van der Waals surface area contributed by atoms with Gasteiger partial charge in [-0.3, -0.25) is 14.5 Å². The van der Waals surface area contributed by atoms with Crippen LogP contribution in [0.5, 0.6) is 5.75 Å². The van der Waals surface area contributed by atoms with Crippen LogP contribution in [0.3, 0.4) is 0 Å². The zero-order chi connectivity index (χ0) is 22.1. The van der Waals surface area contributed by atoms with Gasteiger partial charge in [-0.25, -0.2) is 0 Å². The molecule has 3 fully saturated rings. The molecule has 2 heterocycles. The van der Waals surface area contributed by atoms with E-state index >= 15 is 0 Å². The number of nitrogens with zero attached hydrogens (tertiary/aromatic N) is 4. The third-order valence-electron chi connectivity index (χ3n) is 6.15. The van der Waals surface area contributed by atoms with E-state index in [4.69, 9.17) is 11.6 Å². The van der Waals surface area contributed by atoms with Crippen molar-refractivity contribution in [2.75, 3.05) is 44.6 Å². The Bertz CT molecular complexity index is 919. The van der Waals surface area contributed by atoms with Gasteiger partial charge in [0.05, 0.1) is 5.69 Å². The number of hydrogen-bond acceptors (Lipinski definition) is 6. The first kappa shape index (κ1) is 21.5. The lowest BCUT2D eigenvalue weighted by Gasteiger charge is -2.47. The first-order valence-corrected chi connectivity index (χ1v) is 10.7. The normalized spacial score (nSPS) is 20.4. The topological polar surface area (TPSA) is 109 Å². The summed E-state index contributed by atoms with van der Waals surface area (Å²) in [5.41, 5.74) is 1.19. The molecule has 0 unspecified atom stereocenters. The molecule has 1 aromatic carbocycles. The Morgan fingerprint density at radius 1 is 1.16 bits per heavy atom. The molecule has 4 rings (SSSR count). The van der Waals surface area contributed by atoms with Crippen LogP contribution in [-0.2, 0) is 9.59 Å². The van der Waals surface area contributed by atoms with E-state index in [9.17, 15) is 19.9 Å². The molecule has 2 saturated heterocycles. The highest BCUT2D eigenvalue weighted by Crippen LogP contribution is 2.46. The molecule has 9 nitrogen and oxygen atoms in total. The Morgan fingerprint density at radius 3 is 2.42 bits per heavy atom. The number of amides is 2. The van der Waals surface area contributed by atoms with Crippen LogP contribution in [0.1, 0.15) is 24.3 Å². The van der Waals surface area contributed by atoms with Crippen molar-refractivity contribution >= 4 is 34.9 Å². The van der Waals surface area contributed by atoms with E-state index in [1.165, 1.54) is 12.1 Å². The first-order chi connectivity index (χ1) is 14.9. The largest absolute Gasteiger partial charge is 0.506 e. The predicted octanol–water partition coefficient (Wildman–Crippen LogP) is 1.66. The van der Waals surface area contributed by atoms with Crippen LogP contribution in [0.25, 0.3) is 0 Å². The number of phenols is 1. The fourth-order valence-corrected chi connectivity index (χ4v) is 4.38. The molecule has 3 aliphatic rings. The van der Waals surface area contributed by atoms with Gasteiger partial charge in [0, 0.05) is 56.4 Å². The van der Waals surface area contributed by atoms with E-state index < -0.39 is 5.91 Å². The van der Waals surface area contributed by atoms with E-state index in [0.29, 0.717) is 50.2 Å². The van der Waals surface area contributed by atoms with Crippen molar-refractivity contribution in [2.45, 2.75) is 24.8 Å². The zero-order valence-electron chi connectivity index (χ0n) is 17.1. The quantitative estimate of drug-likeness (QED) is 0.162. The van der Waals surface area contributed by atoms with Gasteiger partial charge in [-0.2, -0.15) is 0 Å². The Hall–Kier alpha value is -2.78.